The van der Waals surface area contributed by atoms with Crippen LogP contribution in [0.5, 0.6) is 0 Å². The van der Waals surface area contributed by atoms with Gasteiger partial charge >= 0.3 is 6.03 Å². The molecule has 4 rings (SSSR count). The highest BCUT2D eigenvalue weighted by Crippen LogP contribution is 2.40. The molecule has 0 bridgehead atoms. The number of benzene rings is 1. The fourth-order valence-electron chi connectivity index (χ4n) is 7.20. The van der Waals surface area contributed by atoms with E-state index in [9.17, 15) is 32.4 Å². The van der Waals surface area contributed by atoms with Crippen LogP contribution in [0.2, 0.25) is 0 Å². The van der Waals surface area contributed by atoms with Gasteiger partial charge in [-0.05, 0) is 52.6 Å². The molecular weight excluding hydrogens is 697 g/mol. The number of ketones is 1. The number of urea groups is 1. The van der Waals surface area contributed by atoms with E-state index in [2.05, 4.69) is 27.8 Å². The molecule has 294 valence electrons. The number of hydrogen-bond acceptors (Lipinski definition) is 7. The largest absolute Gasteiger partial charge is 0.346 e. The predicted octanol–water partition coefficient (Wildman–Crippen LogP) is 3.74. The molecule has 1 aromatic rings. The van der Waals surface area contributed by atoms with E-state index in [1.807, 2.05) is 62.3 Å². The van der Waals surface area contributed by atoms with Gasteiger partial charge in [0.1, 0.15) is 12.1 Å². The van der Waals surface area contributed by atoms with Crippen molar-refractivity contribution in [3.63, 3.8) is 0 Å². The van der Waals surface area contributed by atoms with Crippen LogP contribution in [0.4, 0.5) is 4.79 Å². The zero-order chi connectivity index (χ0) is 39.7. The first-order chi connectivity index (χ1) is 24.5. The SMILES string of the molecule is C=CCNC(=O)C(=O)C(CC1CC1)NC(=O)[C@@H]1[C@@H](C(C)(C)C)CCN1C(=O)[C@@H](NC(=O)N[C@H](CN1Cc2ccccc2S1(=O)=O)C(C)(C)C)C(C)(C)C. The molecule has 3 aliphatic rings. The quantitative estimate of drug-likeness (QED) is 0.175. The summed E-state index contributed by atoms with van der Waals surface area (Å²) in [7, 11) is -3.75. The zero-order valence-electron chi connectivity index (χ0n) is 32.9. The molecule has 1 aliphatic carbocycles. The molecule has 1 saturated heterocycles. The molecule has 2 aliphatic heterocycles. The normalized spacial score (nSPS) is 21.9. The number of nitrogens with one attached hydrogen (secondary N) is 4. The van der Waals surface area contributed by atoms with Crippen molar-refractivity contribution >= 4 is 39.6 Å². The Bertz CT molecular complexity index is 1690. The van der Waals surface area contributed by atoms with Crippen molar-refractivity contribution in [3.05, 3.63) is 42.5 Å². The summed E-state index contributed by atoms with van der Waals surface area (Å²) in [6.07, 6.45) is 4.14. The van der Waals surface area contributed by atoms with Crippen molar-refractivity contribution in [2.24, 2.45) is 28.1 Å². The summed E-state index contributed by atoms with van der Waals surface area (Å²) >= 11 is 0. The van der Waals surface area contributed by atoms with E-state index in [1.54, 1.807) is 24.3 Å². The van der Waals surface area contributed by atoms with Crippen LogP contribution in [0.3, 0.4) is 0 Å². The van der Waals surface area contributed by atoms with Crippen molar-refractivity contribution in [1.29, 1.82) is 0 Å². The summed E-state index contributed by atoms with van der Waals surface area (Å²) in [6, 6.07) is 2.52. The molecule has 0 radical (unpaired) electrons. The first-order valence-corrected chi connectivity index (χ1v) is 20.1. The molecule has 13 nitrogen and oxygen atoms in total. The highest BCUT2D eigenvalue weighted by molar-refractivity contribution is 7.89. The lowest BCUT2D eigenvalue weighted by atomic mass is 9.75. The highest BCUT2D eigenvalue weighted by Gasteiger charge is 2.50. The second-order valence-corrected chi connectivity index (χ2v) is 20.0. The van der Waals surface area contributed by atoms with Gasteiger partial charge in [-0.3, -0.25) is 19.2 Å². The van der Waals surface area contributed by atoms with Crippen LogP contribution in [0.25, 0.3) is 0 Å². The summed E-state index contributed by atoms with van der Waals surface area (Å²) in [4.78, 5) is 70.3. The van der Waals surface area contributed by atoms with Gasteiger partial charge in [-0.25, -0.2) is 13.2 Å². The third-order valence-corrected chi connectivity index (χ3v) is 12.6. The Morgan fingerprint density at radius 3 is 2.09 bits per heavy atom. The number of carbonyl (C=O) groups is 5. The number of fused-ring (bicyclic) bond motifs is 1. The first kappa shape index (κ1) is 42.0. The monoisotopic (exact) mass is 756 g/mol. The summed E-state index contributed by atoms with van der Waals surface area (Å²) < 4.78 is 28.1. The Labute approximate surface area is 315 Å². The average Bonchev–Trinajstić information content (AvgIpc) is 3.68. The molecule has 1 aromatic carbocycles. The van der Waals surface area contributed by atoms with Gasteiger partial charge < -0.3 is 26.2 Å². The molecule has 5 amide bonds. The fourth-order valence-corrected chi connectivity index (χ4v) is 8.85. The third kappa shape index (κ3) is 10.1. The maximum atomic E-state index is 14.6. The topological polar surface area (TPSA) is 174 Å². The van der Waals surface area contributed by atoms with Gasteiger partial charge in [-0.15, -0.1) is 6.58 Å². The molecule has 5 atom stereocenters. The molecule has 1 unspecified atom stereocenters. The van der Waals surface area contributed by atoms with Gasteiger partial charge in [0.15, 0.2) is 0 Å². The zero-order valence-corrected chi connectivity index (χ0v) is 33.7. The summed E-state index contributed by atoms with van der Waals surface area (Å²) in [5.41, 5.74) is -1.05. The Hall–Kier alpha value is -3.78. The average molecular weight is 757 g/mol. The van der Waals surface area contributed by atoms with Gasteiger partial charge in [-0.2, -0.15) is 4.31 Å². The van der Waals surface area contributed by atoms with Crippen LogP contribution in [-0.4, -0.2) is 91.0 Å². The van der Waals surface area contributed by atoms with Crippen LogP contribution in [-0.2, 0) is 35.7 Å². The van der Waals surface area contributed by atoms with Crippen molar-refractivity contribution < 1.29 is 32.4 Å². The third-order valence-electron chi connectivity index (χ3n) is 10.7. The Balaban J connectivity index is 1.55. The lowest BCUT2D eigenvalue weighted by molar-refractivity contribution is -0.145. The molecule has 1 saturated carbocycles. The van der Waals surface area contributed by atoms with E-state index >= 15 is 0 Å². The Kier molecular flexibility index (Phi) is 12.6. The molecule has 2 fully saturated rings. The molecule has 2 heterocycles. The van der Waals surface area contributed by atoms with Crippen LogP contribution in [0, 0.1) is 28.1 Å². The summed E-state index contributed by atoms with van der Waals surface area (Å²) in [5, 5.41) is 11.2. The van der Waals surface area contributed by atoms with E-state index in [0.717, 1.165) is 12.8 Å². The van der Waals surface area contributed by atoms with Crippen molar-refractivity contribution in [3.8, 4) is 0 Å². The van der Waals surface area contributed by atoms with Crippen LogP contribution in [0.1, 0.15) is 93.6 Å². The van der Waals surface area contributed by atoms with Gasteiger partial charge in [0.05, 0.1) is 10.9 Å². The van der Waals surface area contributed by atoms with E-state index in [4.69, 9.17) is 0 Å². The Morgan fingerprint density at radius 2 is 1.55 bits per heavy atom. The lowest BCUT2D eigenvalue weighted by Gasteiger charge is -2.39. The number of likely N-dealkylation sites (tertiary alicyclic amines) is 1. The fraction of sp³-hybridized carbons (Fsp3) is 0.667. The van der Waals surface area contributed by atoms with Crippen LogP contribution < -0.4 is 21.3 Å². The number of rotatable bonds is 13. The number of hydrogen-bond donors (Lipinski definition) is 4. The summed E-state index contributed by atoms with van der Waals surface area (Å²) in [6.45, 7) is 21.4. The molecule has 53 heavy (non-hydrogen) atoms. The summed E-state index contributed by atoms with van der Waals surface area (Å²) in [5.74, 6) is -2.54. The van der Waals surface area contributed by atoms with E-state index in [-0.39, 0.29) is 42.9 Å². The van der Waals surface area contributed by atoms with Crippen molar-refractivity contribution in [2.45, 2.75) is 124 Å². The molecule has 0 aromatic heterocycles. The minimum Gasteiger partial charge on any atom is -0.346 e. The van der Waals surface area contributed by atoms with Gasteiger partial charge in [0.2, 0.25) is 27.6 Å². The van der Waals surface area contributed by atoms with E-state index in [0.29, 0.717) is 18.4 Å². The maximum Gasteiger partial charge on any atom is 0.315 e. The second kappa shape index (κ2) is 15.9. The van der Waals surface area contributed by atoms with Crippen molar-refractivity contribution in [1.82, 2.24) is 30.5 Å². The molecule has 4 N–H and O–H groups in total. The smallest absolute Gasteiger partial charge is 0.315 e. The van der Waals surface area contributed by atoms with Gasteiger partial charge in [-0.1, -0.05) is 99.4 Å². The number of nitrogens with zero attached hydrogens (tertiary/aromatic N) is 2. The van der Waals surface area contributed by atoms with Gasteiger partial charge in [0, 0.05) is 32.2 Å². The number of amides is 5. The maximum absolute atomic E-state index is 14.6. The molecule has 14 heteroatoms. The molecular formula is C39H60N6O7S. The molecule has 0 spiro atoms. The van der Waals surface area contributed by atoms with Gasteiger partial charge in [0.25, 0.3) is 5.91 Å². The first-order valence-electron chi connectivity index (χ1n) is 18.7. The van der Waals surface area contributed by atoms with E-state index in [1.165, 1.54) is 15.3 Å². The minimum absolute atomic E-state index is 0.0239. The minimum atomic E-state index is -3.75. The number of Topliss-reactive ketones (excluding diaryl/α,β-unsaturated/α-hetero) is 1. The standard InChI is InChI=1S/C39H60N6O7S/c1-11-19-40-34(48)31(46)27(21-24-16-17-24)41-33(47)30-26(37(2,3)4)18-20-45(30)35(49)32(39(8,9)10)43-36(50)42-29(38(5,6)7)23-44-22-25-14-12-13-15-28(25)53(44,51)52/h11-15,24,26-27,29-30,32H,1,16-23H2,2-10H3,(H,40,48)(H,41,47)(H2,42,43,50)/t26-,27?,29+,30-,32+/m0/s1. The predicted molar refractivity (Wildman–Crippen MR) is 203 cm³/mol. The Morgan fingerprint density at radius 1 is 0.906 bits per heavy atom. The second-order valence-electron chi connectivity index (χ2n) is 18.1. The lowest BCUT2D eigenvalue weighted by Crippen LogP contribution is -2.62. The van der Waals surface area contributed by atoms with E-state index < -0.39 is 80.0 Å². The van der Waals surface area contributed by atoms with Crippen molar-refractivity contribution in [2.75, 3.05) is 19.6 Å². The van der Waals surface area contributed by atoms with Crippen LogP contribution >= 0.6 is 0 Å². The number of sulfonamides is 1. The number of carbonyl (C=O) groups excluding carboxylic acids is 5. The highest BCUT2D eigenvalue weighted by atomic mass is 32.2. The van der Waals surface area contributed by atoms with Crippen LogP contribution in [0.15, 0.2) is 41.8 Å².